The van der Waals surface area contributed by atoms with Crippen LogP contribution in [0.3, 0.4) is 0 Å². The largest absolute Gasteiger partial charge is 0.388 e. The molecule has 2 nitrogen and oxygen atoms in total. The predicted molar refractivity (Wildman–Crippen MR) is 63.6 cm³/mol. The van der Waals surface area contributed by atoms with Crippen LogP contribution in [0.1, 0.15) is 59.3 Å². The van der Waals surface area contributed by atoms with Crippen molar-refractivity contribution in [2.75, 3.05) is 0 Å². The summed E-state index contributed by atoms with van der Waals surface area (Å²) in [5.74, 6) is 0.250. The van der Waals surface area contributed by atoms with Crippen LogP contribution in [0.15, 0.2) is 0 Å². The van der Waals surface area contributed by atoms with Gasteiger partial charge in [-0.1, -0.05) is 33.6 Å². The van der Waals surface area contributed by atoms with Crippen LogP contribution in [0.25, 0.3) is 0 Å². The van der Waals surface area contributed by atoms with Gasteiger partial charge in [-0.3, -0.25) is 0 Å². The van der Waals surface area contributed by atoms with Crippen molar-refractivity contribution < 1.29 is 5.11 Å². The summed E-state index contributed by atoms with van der Waals surface area (Å²) in [6, 6.07) is 2.48. The van der Waals surface area contributed by atoms with E-state index in [1.807, 2.05) is 0 Å². The Labute approximate surface area is 98.7 Å². The molecule has 0 bridgehead atoms. The van der Waals surface area contributed by atoms with Gasteiger partial charge < -0.3 is 5.11 Å². The highest BCUT2D eigenvalue weighted by Gasteiger charge is 2.60. The highest BCUT2D eigenvalue weighted by Crippen LogP contribution is 2.59. The summed E-state index contributed by atoms with van der Waals surface area (Å²) >= 11 is 0. The topological polar surface area (TPSA) is 44.0 Å². The third-order valence-corrected chi connectivity index (χ3v) is 4.92. The third-order valence-electron chi connectivity index (χ3n) is 4.92. The molecule has 0 radical (unpaired) electrons. The first-order valence-electron chi connectivity index (χ1n) is 6.49. The second-order valence-corrected chi connectivity index (χ2v) is 6.77. The van der Waals surface area contributed by atoms with E-state index >= 15 is 0 Å². The van der Waals surface area contributed by atoms with Gasteiger partial charge in [0, 0.05) is 0 Å². The molecule has 0 saturated heterocycles. The average molecular weight is 221 g/mol. The minimum absolute atomic E-state index is 0.181. The van der Waals surface area contributed by atoms with Crippen molar-refractivity contribution in [1.29, 1.82) is 5.26 Å². The Morgan fingerprint density at radius 3 is 2.19 bits per heavy atom. The van der Waals surface area contributed by atoms with E-state index in [1.165, 1.54) is 0 Å². The lowest BCUT2D eigenvalue weighted by Crippen LogP contribution is -2.48. The summed E-state index contributed by atoms with van der Waals surface area (Å²) in [6.07, 6.45) is 5.80. The van der Waals surface area contributed by atoms with Crippen molar-refractivity contribution >= 4 is 0 Å². The summed E-state index contributed by atoms with van der Waals surface area (Å²) < 4.78 is 0. The molecule has 2 aliphatic carbocycles. The molecule has 0 amide bonds. The first-order valence-corrected chi connectivity index (χ1v) is 6.49. The van der Waals surface area contributed by atoms with Gasteiger partial charge in [-0.2, -0.15) is 5.26 Å². The third kappa shape index (κ3) is 1.49. The molecular weight excluding hydrogens is 198 g/mol. The van der Waals surface area contributed by atoms with E-state index in [1.54, 1.807) is 0 Å². The zero-order valence-corrected chi connectivity index (χ0v) is 10.7. The van der Waals surface area contributed by atoms with E-state index in [0.29, 0.717) is 0 Å². The molecule has 2 atom stereocenters. The summed E-state index contributed by atoms with van der Waals surface area (Å²) in [4.78, 5) is 0. The van der Waals surface area contributed by atoms with Crippen LogP contribution in [-0.2, 0) is 0 Å². The van der Waals surface area contributed by atoms with Crippen LogP contribution in [0.2, 0.25) is 0 Å². The second kappa shape index (κ2) is 3.47. The van der Waals surface area contributed by atoms with Crippen LogP contribution in [-0.4, -0.2) is 10.7 Å². The smallest absolute Gasteiger partial charge is 0.0863 e. The minimum atomic E-state index is -0.748. The molecular formula is C14H23NO. The van der Waals surface area contributed by atoms with Gasteiger partial charge in [-0.05, 0) is 37.0 Å². The molecule has 2 heteroatoms. The monoisotopic (exact) mass is 221 g/mol. The highest BCUT2D eigenvalue weighted by atomic mass is 16.3. The molecule has 0 spiro atoms. The molecule has 2 saturated carbocycles. The van der Waals surface area contributed by atoms with Crippen LogP contribution < -0.4 is 0 Å². The summed E-state index contributed by atoms with van der Waals surface area (Å²) in [5.41, 5.74) is -1.03. The maximum atomic E-state index is 11.0. The van der Waals surface area contributed by atoms with E-state index in [-0.39, 0.29) is 11.3 Å². The average Bonchev–Trinajstić information content (AvgIpc) is 2.71. The van der Waals surface area contributed by atoms with E-state index in [0.717, 1.165) is 38.5 Å². The van der Waals surface area contributed by atoms with Gasteiger partial charge in [0.2, 0.25) is 0 Å². The molecule has 0 aromatic rings. The molecule has 0 aromatic heterocycles. The molecule has 2 unspecified atom stereocenters. The van der Waals surface area contributed by atoms with Crippen LogP contribution in [0.5, 0.6) is 0 Å². The van der Waals surface area contributed by atoms with Gasteiger partial charge in [0.15, 0.2) is 0 Å². The van der Waals surface area contributed by atoms with E-state index in [9.17, 15) is 10.4 Å². The summed E-state index contributed by atoms with van der Waals surface area (Å²) in [6.45, 7) is 6.54. The van der Waals surface area contributed by atoms with Gasteiger partial charge in [0.25, 0.3) is 0 Å². The van der Waals surface area contributed by atoms with E-state index < -0.39 is 11.0 Å². The fraction of sp³-hybridized carbons (Fsp3) is 0.929. The van der Waals surface area contributed by atoms with Gasteiger partial charge in [-0.15, -0.1) is 0 Å². The number of hydrogen-bond acceptors (Lipinski definition) is 2. The van der Waals surface area contributed by atoms with Crippen molar-refractivity contribution in [2.24, 2.45) is 16.7 Å². The Morgan fingerprint density at radius 1 is 1.25 bits per heavy atom. The van der Waals surface area contributed by atoms with Crippen molar-refractivity contribution in [3.63, 3.8) is 0 Å². The molecule has 2 aliphatic rings. The van der Waals surface area contributed by atoms with Gasteiger partial charge in [0.1, 0.15) is 0 Å². The normalized spacial score (nSPS) is 40.8. The van der Waals surface area contributed by atoms with Gasteiger partial charge in [0.05, 0.1) is 17.1 Å². The molecule has 0 heterocycles. The Morgan fingerprint density at radius 2 is 1.81 bits per heavy atom. The number of nitriles is 1. The Hall–Kier alpha value is -0.550. The second-order valence-electron chi connectivity index (χ2n) is 6.77. The summed E-state index contributed by atoms with van der Waals surface area (Å²) in [7, 11) is 0. The molecule has 0 aliphatic heterocycles. The summed E-state index contributed by atoms with van der Waals surface area (Å²) in [5, 5.41) is 20.5. The lowest BCUT2D eigenvalue weighted by Gasteiger charge is -2.41. The Kier molecular flexibility index (Phi) is 2.58. The van der Waals surface area contributed by atoms with Crippen molar-refractivity contribution in [3.8, 4) is 6.07 Å². The lowest BCUT2D eigenvalue weighted by atomic mass is 9.66. The minimum Gasteiger partial charge on any atom is -0.388 e. The predicted octanol–water partition coefficient (Wildman–Crippen LogP) is 3.26. The standard InChI is InChI=1S/C14H23NO/c1-11-8-12(2,3)9-14(11,16)13(10-15)6-4-5-7-13/h11,16H,4-9H2,1-3H3. The molecule has 2 rings (SSSR count). The van der Waals surface area contributed by atoms with Crippen LogP contribution in [0.4, 0.5) is 0 Å². The first-order chi connectivity index (χ1) is 7.35. The quantitative estimate of drug-likeness (QED) is 0.738. The number of rotatable bonds is 1. The van der Waals surface area contributed by atoms with Crippen molar-refractivity contribution in [1.82, 2.24) is 0 Å². The molecule has 1 N–H and O–H groups in total. The molecule has 2 fully saturated rings. The molecule has 0 aromatic carbocycles. The van der Waals surface area contributed by atoms with Crippen molar-refractivity contribution in [2.45, 2.75) is 64.9 Å². The van der Waals surface area contributed by atoms with E-state index in [4.69, 9.17) is 0 Å². The SMILES string of the molecule is CC1CC(C)(C)CC1(O)C1(C#N)CCCC1. The van der Waals surface area contributed by atoms with Gasteiger partial charge in [-0.25, -0.2) is 0 Å². The number of nitrogens with zero attached hydrogens (tertiary/aromatic N) is 1. The van der Waals surface area contributed by atoms with Crippen LogP contribution >= 0.6 is 0 Å². The van der Waals surface area contributed by atoms with E-state index in [2.05, 4.69) is 26.8 Å². The lowest BCUT2D eigenvalue weighted by molar-refractivity contribution is -0.0823. The van der Waals surface area contributed by atoms with Crippen LogP contribution in [0, 0.1) is 28.1 Å². The molecule has 90 valence electrons. The molecule has 16 heavy (non-hydrogen) atoms. The Bertz CT molecular complexity index is 322. The van der Waals surface area contributed by atoms with Gasteiger partial charge >= 0.3 is 0 Å². The first kappa shape index (κ1) is 11.9. The maximum Gasteiger partial charge on any atom is 0.0863 e. The Balaban J connectivity index is 2.35. The highest BCUT2D eigenvalue weighted by molar-refractivity contribution is 5.18. The zero-order chi connectivity index (χ0) is 12.0. The zero-order valence-electron chi connectivity index (χ0n) is 10.7. The number of hydrogen-bond donors (Lipinski definition) is 1. The fourth-order valence-corrected chi connectivity index (χ4v) is 4.23. The maximum absolute atomic E-state index is 11.0. The van der Waals surface area contributed by atoms with Crippen molar-refractivity contribution in [3.05, 3.63) is 0 Å². The fourth-order valence-electron chi connectivity index (χ4n) is 4.23. The number of aliphatic hydroxyl groups is 1.